The molecule has 0 unspecified atom stereocenters. The molecule has 2 aliphatic rings. The maximum Gasteiger partial charge on any atom is 0.238 e. The number of nitrogens with one attached hydrogen (secondary N) is 2. The molecule has 4 nitrogen and oxygen atoms in total. The van der Waals surface area contributed by atoms with Crippen molar-refractivity contribution in [1.29, 1.82) is 0 Å². The Morgan fingerprint density at radius 3 is 2.48 bits per heavy atom. The highest BCUT2D eigenvalue weighted by atomic mass is 79.9. The second-order valence-electron chi connectivity index (χ2n) is 7.85. The highest BCUT2D eigenvalue weighted by molar-refractivity contribution is 9.10. The van der Waals surface area contributed by atoms with Gasteiger partial charge in [-0.3, -0.25) is 9.59 Å². The lowest BCUT2D eigenvalue weighted by Gasteiger charge is -2.46. The third-order valence-corrected chi connectivity index (χ3v) is 7.41. The molecule has 2 amide bonds. The van der Waals surface area contributed by atoms with Gasteiger partial charge >= 0.3 is 0 Å². The van der Waals surface area contributed by atoms with Crippen LogP contribution in [0.1, 0.15) is 35.1 Å². The van der Waals surface area contributed by atoms with E-state index in [9.17, 15) is 9.59 Å². The van der Waals surface area contributed by atoms with Crippen molar-refractivity contribution in [3.05, 3.63) is 97.9 Å². The molecule has 0 radical (unpaired) electrons. The van der Waals surface area contributed by atoms with Crippen molar-refractivity contribution in [2.75, 3.05) is 5.32 Å². The molecule has 3 aromatic carbocycles. The maximum absolute atomic E-state index is 13.8. The van der Waals surface area contributed by atoms with Crippen LogP contribution in [0.15, 0.2) is 71.2 Å². The summed E-state index contributed by atoms with van der Waals surface area (Å²) in [5.74, 6) is -0.707. The molecule has 5 rings (SSSR count). The molecule has 0 aliphatic carbocycles. The molecule has 3 aromatic rings. The fraction of sp³-hybridized carbons (Fsp3) is 0.167. The average molecular weight is 516 g/mol. The summed E-state index contributed by atoms with van der Waals surface area (Å²) in [4.78, 5) is 26.8. The first-order valence-electron chi connectivity index (χ1n) is 9.82. The summed E-state index contributed by atoms with van der Waals surface area (Å²) < 4.78 is 0.821. The lowest BCUT2D eigenvalue weighted by Crippen LogP contribution is -2.56. The smallest absolute Gasteiger partial charge is 0.238 e. The minimum absolute atomic E-state index is 0.119. The van der Waals surface area contributed by atoms with Gasteiger partial charge in [0, 0.05) is 32.5 Å². The molecule has 2 N–H and O–H groups in total. The van der Waals surface area contributed by atoms with Crippen LogP contribution in [0.3, 0.4) is 0 Å². The Balaban J connectivity index is 1.83. The fourth-order valence-electron chi connectivity index (χ4n) is 4.98. The van der Waals surface area contributed by atoms with Crippen molar-refractivity contribution >= 4 is 56.6 Å². The molecule has 0 bridgehead atoms. The standard InChI is InChI=1S/C24H17BrCl2N2O2/c25-19-7-2-1-6-16(19)22-24(17-9-8-15(27)11-20(17)28-23(24)31)18(12-21(30)29-22)13-4-3-5-14(26)10-13/h1-11,18,22H,12H2,(H,28,31)(H,29,30)/t18-,22+,24-/m1/s1. The van der Waals surface area contributed by atoms with Gasteiger partial charge in [-0.2, -0.15) is 0 Å². The summed E-state index contributed by atoms with van der Waals surface area (Å²) in [7, 11) is 0. The molecule has 0 aromatic heterocycles. The first kappa shape index (κ1) is 20.6. The molecule has 7 heteroatoms. The van der Waals surface area contributed by atoms with Crippen LogP contribution in [0, 0.1) is 0 Å². The third-order valence-electron chi connectivity index (χ3n) is 6.22. The van der Waals surface area contributed by atoms with E-state index >= 15 is 0 Å². The van der Waals surface area contributed by atoms with Gasteiger partial charge in [-0.25, -0.2) is 0 Å². The Morgan fingerprint density at radius 1 is 0.935 bits per heavy atom. The molecule has 156 valence electrons. The fourth-order valence-corrected chi connectivity index (χ4v) is 5.86. The molecule has 31 heavy (non-hydrogen) atoms. The average Bonchev–Trinajstić information content (AvgIpc) is 3.01. The van der Waals surface area contributed by atoms with E-state index in [4.69, 9.17) is 23.2 Å². The normalized spacial score (nSPS) is 24.6. The van der Waals surface area contributed by atoms with Crippen LogP contribution in [0.25, 0.3) is 0 Å². The number of fused-ring (bicyclic) bond motifs is 2. The van der Waals surface area contributed by atoms with Crippen LogP contribution >= 0.6 is 39.1 Å². The van der Waals surface area contributed by atoms with Crippen molar-refractivity contribution in [1.82, 2.24) is 5.32 Å². The quantitative estimate of drug-likeness (QED) is 0.440. The summed E-state index contributed by atoms with van der Waals surface area (Å²) in [6, 6.07) is 19.9. The van der Waals surface area contributed by atoms with E-state index in [1.165, 1.54) is 0 Å². The SMILES string of the molecule is O=C1C[C@H](c2cccc(Cl)c2)[C@@]2(C(=O)Nc3cc(Cl)ccc32)[C@H](c2ccccc2Br)N1. The molecule has 1 fully saturated rings. The van der Waals surface area contributed by atoms with Crippen LogP contribution in [-0.4, -0.2) is 11.8 Å². The summed E-state index contributed by atoms with van der Waals surface area (Å²) in [5, 5.41) is 7.23. The van der Waals surface area contributed by atoms with Gasteiger partial charge in [-0.05, 0) is 47.0 Å². The molecule has 1 spiro atoms. The highest BCUT2D eigenvalue weighted by Crippen LogP contribution is 2.58. The highest BCUT2D eigenvalue weighted by Gasteiger charge is 2.61. The molecule has 3 atom stereocenters. The van der Waals surface area contributed by atoms with E-state index in [-0.39, 0.29) is 18.2 Å². The van der Waals surface area contributed by atoms with Gasteiger partial charge < -0.3 is 10.6 Å². The number of amides is 2. The van der Waals surface area contributed by atoms with Crippen LogP contribution in [0.2, 0.25) is 10.0 Å². The minimum Gasteiger partial charge on any atom is -0.348 e. The molecule has 2 aliphatic heterocycles. The van der Waals surface area contributed by atoms with Gasteiger partial charge in [0.1, 0.15) is 5.41 Å². The number of hydrogen-bond acceptors (Lipinski definition) is 2. The van der Waals surface area contributed by atoms with Gasteiger partial charge in [0.2, 0.25) is 11.8 Å². The summed E-state index contributed by atoms with van der Waals surface area (Å²) >= 11 is 16.2. The Kier molecular flexibility index (Phi) is 5.08. The Hall–Kier alpha value is -2.34. The summed E-state index contributed by atoms with van der Waals surface area (Å²) in [5.41, 5.74) is 2.09. The van der Waals surface area contributed by atoms with E-state index in [0.717, 1.165) is 21.2 Å². The number of piperidine rings is 1. The number of carbonyl (C=O) groups excluding carboxylic acids is 2. The van der Waals surface area contributed by atoms with Gasteiger partial charge in [-0.15, -0.1) is 0 Å². The van der Waals surface area contributed by atoms with Crippen LogP contribution in [0.5, 0.6) is 0 Å². The first-order chi connectivity index (χ1) is 14.9. The molecular formula is C24H17BrCl2N2O2. The Bertz CT molecular complexity index is 1230. The van der Waals surface area contributed by atoms with Crippen molar-refractivity contribution in [3.8, 4) is 0 Å². The Labute approximate surface area is 198 Å². The zero-order valence-electron chi connectivity index (χ0n) is 16.2. The monoisotopic (exact) mass is 514 g/mol. The van der Waals surface area contributed by atoms with Gasteiger partial charge in [-0.1, -0.05) is 75.5 Å². The molecule has 2 heterocycles. The Morgan fingerprint density at radius 2 is 1.71 bits per heavy atom. The van der Waals surface area contributed by atoms with E-state index in [1.54, 1.807) is 18.2 Å². The zero-order valence-corrected chi connectivity index (χ0v) is 19.3. The summed E-state index contributed by atoms with van der Waals surface area (Å²) in [6.07, 6.45) is 0.163. The predicted octanol–water partition coefficient (Wildman–Crippen LogP) is 5.99. The van der Waals surface area contributed by atoms with Gasteiger partial charge in [0.15, 0.2) is 0 Å². The van der Waals surface area contributed by atoms with Crippen LogP contribution in [-0.2, 0) is 15.0 Å². The van der Waals surface area contributed by atoms with Crippen LogP contribution in [0.4, 0.5) is 5.69 Å². The van der Waals surface area contributed by atoms with Crippen LogP contribution < -0.4 is 10.6 Å². The second-order valence-corrected chi connectivity index (χ2v) is 9.57. The van der Waals surface area contributed by atoms with E-state index in [2.05, 4.69) is 26.6 Å². The second kappa shape index (κ2) is 7.66. The van der Waals surface area contributed by atoms with Crippen molar-refractivity contribution in [2.45, 2.75) is 23.8 Å². The maximum atomic E-state index is 13.8. The first-order valence-corrected chi connectivity index (χ1v) is 11.4. The number of benzene rings is 3. The zero-order chi connectivity index (χ0) is 21.8. The number of carbonyl (C=O) groups is 2. The molecule has 1 saturated heterocycles. The van der Waals surface area contributed by atoms with Gasteiger partial charge in [0.25, 0.3) is 0 Å². The van der Waals surface area contributed by atoms with Crippen molar-refractivity contribution in [2.24, 2.45) is 0 Å². The lowest BCUT2D eigenvalue weighted by molar-refractivity contribution is -0.131. The number of hydrogen-bond donors (Lipinski definition) is 2. The molecular weight excluding hydrogens is 499 g/mol. The van der Waals surface area contributed by atoms with E-state index in [0.29, 0.717) is 15.7 Å². The predicted molar refractivity (Wildman–Crippen MR) is 126 cm³/mol. The van der Waals surface area contributed by atoms with Crippen molar-refractivity contribution < 1.29 is 9.59 Å². The van der Waals surface area contributed by atoms with E-state index in [1.807, 2.05) is 48.5 Å². The lowest BCUT2D eigenvalue weighted by atomic mass is 9.59. The third kappa shape index (κ3) is 3.18. The largest absolute Gasteiger partial charge is 0.348 e. The number of rotatable bonds is 2. The number of anilines is 1. The number of halogens is 3. The minimum atomic E-state index is -1.07. The molecule has 0 saturated carbocycles. The van der Waals surface area contributed by atoms with Gasteiger partial charge in [0.05, 0.1) is 6.04 Å². The van der Waals surface area contributed by atoms with E-state index < -0.39 is 17.4 Å². The van der Waals surface area contributed by atoms with Crippen molar-refractivity contribution in [3.63, 3.8) is 0 Å². The topological polar surface area (TPSA) is 58.2 Å². The summed E-state index contributed by atoms with van der Waals surface area (Å²) in [6.45, 7) is 0.